The highest BCUT2D eigenvalue weighted by Crippen LogP contribution is 2.30. The zero-order valence-corrected chi connectivity index (χ0v) is 12.7. The van der Waals surface area contributed by atoms with E-state index in [1.54, 1.807) is 19.2 Å². The van der Waals surface area contributed by atoms with Crippen LogP contribution in [0.5, 0.6) is 0 Å². The van der Waals surface area contributed by atoms with E-state index >= 15 is 0 Å². The molecular weight excluding hydrogens is 310 g/mol. The van der Waals surface area contributed by atoms with E-state index in [1.807, 2.05) is 0 Å². The van der Waals surface area contributed by atoms with Crippen LogP contribution in [-0.2, 0) is 10.0 Å². The number of rotatable bonds is 6. The zero-order valence-electron chi connectivity index (χ0n) is 11.9. The summed E-state index contributed by atoms with van der Waals surface area (Å²) in [7, 11) is -2.50. The number of hydrogen-bond donors (Lipinski definition) is 3. The van der Waals surface area contributed by atoms with Gasteiger partial charge in [0.25, 0.3) is 5.69 Å². The van der Waals surface area contributed by atoms with E-state index in [-0.39, 0.29) is 22.3 Å². The maximum absolute atomic E-state index is 11.7. The number of anilines is 1. The molecule has 0 bridgehead atoms. The van der Waals surface area contributed by atoms with Gasteiger partial charge < -0.3 is 5.32 Å². The largest absolute Gasteiger partial charge is 0.371 e. The van der Waals surface area contributed by atoms with Crippen molar-refractivity contribution in [1.29, 1.82) is 0 Å². The summed E-state index contributed by atoms with van der Waals surface area (Å²) in [6.07, 6.45) is 1.57. The van der Waals surface area contributed by atoms with Crippen molar-refractivity contribution in [1.82, 2.24) is 14.9 Å². The molecule has 118 valence electrons. The number of nitrogens with one attached hydrogen (secondary N) is 3. The fourth-order valence-electron chi connectivity index (χ4n) is 1.89. The first kappa shape index (κ1) is 15.9. The number of aromatic nitrogens is 2. The predicted octanol–water partition coefficient (Wildman–Crippen LogP) is 1.40. The van der Waals surface area contributed by atoms with Gasteiger partial charge in [-0.15, -0.1) is 0 Å². The van der Waals surface area contributed by atoms with Crippen molar-refractivity contribution in [2.75, 3.05) is 12.4 Å². The summed E-state index contributed by atoms with van der Waals surface area (Å²) in [5.74, 6) is 0. The van der Waals surface area contributed by atoms with Crippen LogP contribution in [0.4, 0.5) is 11.4 Å². The Kier molecular flexibility index (Phi) is 4.43. The quantitative estimate of drug-likeness (QED) is 0.543. The Morgan fingerprint density at radius 3 is 2.64 bits per heavy atom. The van der Waals surface area contributed by atoms with E-state index < -0.39 is 14.9 Å². The van der Waals surface area contributed by atoms with Gasteiger partial charge in [0.2, 0.25) is 10.0 Å². The van der Waals surface area contributed by atoms with Crippen molar-refractivity contribution >= 4 is 21.4 Å². The molecule has 0 saturated heterocycles. The van der Waals surface area contributed by atoms with Gasteiger partial charge in [-0.2, -0.15) is 5.10 Å². The van der Waals surface area contributed by atoms with Crippen molar-refractivity contribution in [2.24, 2.45) is 0 Å². The Labute approximate surface area is 126 Å². The highest BCUT2D eigenvalue weighted by atomic mass is 32.2. The normalized spacial score (nSPS) is 12.8. The molecule has 0 aliphatic heterocycles. The SMILES string of the molecule is CNS(=O)(=O)c1ccc(NC(C)c2ccn[nH]2)c([N+](=O)[O-])c1. The smallest absolute Gasteiger partial charge is 0.293 e. The average Bonchev–Trinajstić information content (AvgIpc) is 3.01. The Hall–Kier alpha value is -2.46. The first-order valence-corrected chi connectivity index (χ1v) is 7.81. The number of nitro benzene ring substituents is 1. The third kappa shape index (κ3) is 3.23. The van der Waals surface area contributed by atoms with E-state index in [1.165, 1.54) is 19.2 Å². The van der Waals surface area contributed by atoms with Crippen LogP contribution in [-0.4, -0.2) is 30.6 Å². The molecule has 22 heavy (non-hydrogen) atoms. The van der Waals surface area contributed by atoms with Gasteiger partial charge in [0.15, 0.2) is 0 Å². The van der Waals surface area contributed by atoms with Gasteiger partial charge in [-0.1, -0.05) is 0 Å². The highest BCUT2D eigenvalue weighted by molar-refractivity contribution is 7.89. The van der Waals surface area contributed by atoms with Crippen LogP contribution in [0.25, 0.3) is 0 Å². The molecular formula is C12H15N5O4S. The van der Waals surface area contributed by atoms with Crippen LogP contribution < -0.4 is 10.0 Å². The lowest BCUT2D eigenvalue weighted by atomic mass is 10.2. The van der Waals surface area contributed by atoms with Crippen LogP contribution in [0, 0.1) is 10.1 Å². The number of aromatic amines is 1. The van der Waals surface area contributed by atoms with E-state index in [2.05, 4.69) is 20.2 Å². The summed E-state index contributed by atoms with van der Waals surface area (Å²) in [5.41, 5.74) is 0.658. The van der Waals surface area contributed by atoms with Gasteiger partial charge in [0, 0.05) is 12.3 Å². The minimum Gasteiger partial charge on any atom is -0.371 e. The van der Waals surface area contributed by atoms with E-state index in [0.717, 1.165) is 11.8 Å². The van der Waals surface area contributed by atoms with Gasteiger partial charge >= 0.3 is 0 Å². The lowest BCUT2D eigenvalue weighted by Crippen LogP contribution is -2.19. The second kappa shape index (κ2) is 6.12. The van der Waals surface area contributed by atoms with Crippen LogP contribution in [0.2, 0.25) is 0 Å². The van der Waals surface area contributed by atoms with Gasteiger partial charge in [-0.25, -0.2) is 13.1 Å². The summed E-state index contributed by atoms with van der Waals surface area (Å²) < 4.78 is 25.6. The summed E-state index contributed by atoms with van der Waals surface area (Å²) in [6.45, 7) is 1.80. The van der Waals surface area contributed by atoms with Gasteiger partial charge in [-0.3, -0.25) is 15.2 Å². The second-order valence-corrected chi connectivity index (χ2v) is 6.41. The van der Waals surface area contributed by atoms with Crippen molar-refractivity contribution in [2.45, 2.75) is 17.9 Å². The minimum atomic E-state index is -3.74. The van der Waals surface area contributed by atoms with Crippen LogP contribution in [0.15, 0.2) is 35.4 Å². The second-order valence-electron chi connectivity index (χ2n) is 4.52. The third-order valence-corrected chi connectivity index (χ3v) is 4.52. The van der Waals surface area contributed by atoms with Crippen LogP contribution in [0.3, 0.4) is 0 Å². The number of nitro groups is 1. The van der Waals surface area contributed by atoms with Crippen molar-refractivity contribution in [3.63, 3.8) is 0 Å². The molecule has 0 saturated carbocycles. The maximum Gasteiger partial charge on any atom is 0.293 e. The Morgan fingerprint density at radius 1 is 1.36 bits per heavy atom. The van der Waals surface area contributed by atoms with Gasteiger partial charge in [0.1, 0.15) is 5.69 Å². The number of nitrogens with zero attached hydrogens (tertiary/aromatic N) is 2. The predicted molar refractivity (Wildman–Crippen MR) is 80.0 cm³/mol. The first-order chi connectivity index (χ1) is 10.3. The van der Waals surface area contributed by atoms with Crippen LogP contribution >= 0.6 is 0 Å². The molecule has 0 amide bonds. The topological polar surface area (TPSA) is 130 Å². The molecule has 3 N–H and O–H groups in total. The Morgan fingerprint density at radius 2 is 2.09 bits per heavy atom. The zero-order chi connectivity index (χ0) is 16.3. The fraction of sp³-hybridized carbons (Fsp3) is 0.250. The molecule has 1 aromatic heterocycles. The van der Waals surface area contributed by atoms with Crippen molar-refractivity contribution in [3.8, 4) is 0 Å². The molecule has 0 radical (unpaired) electrons. The summed E-state index contributed by atoms with van der Waals surface area (Å²) in [5, 5.41) is 20.7. The Bertz CT molecular complexity index is 773. The van der Waals surface area contributed by atoms with Gasteiger partial charge in [0.05, 0.1) is 21.6 Å². The van der Waals surface area contributed by atoms with Crippen LogP contribution in [0.1, 0.15) is 18.7 Å². The number of hydrogen-bond acceptors (Lipinski definition) is 6. The number of H-pyrrole nitrogens is 1. The number of benzene rings is 1. The Balaban J connectivity index is 2.38. The molecule has 2 rings (SSSR count). The lowest BCUT2D eigenvalue weighted by Gasteiger charge is -2.14. The lowest BCUT2D eigenvalue weighted by molar-refractivity contribution is -0.384. The summed E-state index contributed by atoms with van der Waals surface area (Å²) >= 11 is 0. The van der Waals surface area contributed by atoms with Crippen molar-refractivity contribution < 1.29 is 13.3 Å². The summed E-state index contributed by atoms with van der Waals surface area (Å²) in [4.78, 5) is 10.4. The molecule has 0 fully saturated rings. The molecule has 2 aromatic rings. The maximum atomic E-state index is 11.7. The first-order valence-electron chi connectivity index (χ1n) is 6.33. The fourth-order valence-corrected chi connectivity index (χ4v) is 2.64. The minimum absolute atomic E-state index is 0.165. The molecule has 1 heterocycles. The number of sulfonamides is 1. The molecule has 1 atom stereocenters. The van der Waals surface area contributed by atoms with Gasteiger partial charge in [-0.05, 0) is 32.2 Å². The molecule has 9 nitrogen and oxygen atoms in total. The van der Waals surface area contributed by atoms with E-state index in [0.29, 0.717) is 0 Å². The molecule has 0 aliphatic carbocycles. The molecule has 1 unspecified atom stereocenters. The monoisotopic (exact) mass is 325 g/mol. The van der Waals surface area contributed by atoms with E-state index in [4.69, 9.17) is 0 Å². The molecule has 0 spiro atoms. The molecule has 0 aliphatic rings. The highest BCUT2D eigenvalue weighted by Gasteiger charge is 2.21. The molecule has 1 aromatic carbocycles. The standard InChI is InChI=1S/C12H15N5O4S/c1-8(10-5-6-14-16-10)15-11-4-3-9(22(20,21)13-2)7-12(11)17(18)19/h3-8,13,15H,1-2H3,(H,14,16). The van der Waals surface area contributed by atoms with E-state index in [9.17, 15) is 18.5 Å². The summed E-state index contributed by atoms with van der Waals surface area (Å²) in [6, 6.07) is 5.18. The average molecular weight is 325 g/mol. The van der Waals surface area contributed by atoms with Crippen molar-refractivity contribution in [3.05, 3.63) is 46.3 Å². The third-order valence-electron chi connectivity index (χ3n) is 3.11. The molecule has 10 heteroatoms.